The summed E-state index contributed by atoms with van der Waals surface area (Å²) in [6.45, 7) is -0.280. The molecule has 0 unspecified atom stereocenters. The summed E-state index contributed by atoms with van der Waals surface area (Å²) >= 11 is 0. The normalized spacial score (nSPS) is 11.5. The van der Waals surface area contributed by atoms with Gasteiger partial charge < -0.3 is 9.94 Å². The fourth-order valence-electron chi connectivity index (χ4n) is 1.56. The lowest BCUT2D eigenvalue weighted by Gasteiger charge is -2.01. The van der Waals surface area contributed by atoms with Crippen LogP contribution < -0.4 is 15.1 Å². The smallest absolute Gasteiger partial charge is 0.415 e. The Morgan fingerprint density at radius 2 is 2.13 bits per heavy atom. The molecule has 122 valence electrons. The maximum atomic E-state index is 12.4. The fraction of sp³-hybridized carbons (Fsp3) is 0.0833. The number of nitrogens with one attached hydrogen (secondary N) is 1. The summed E-state index contributed by atoms with van der Waals surface area (Å²) in [5.74, 6) is -1.34. The Hall–Kier alpha value is -2.92. The number of carbonyl (C=O) groups excluding carboxylic acids is 1. The fourth-order valence-corrected chi connectivity index (χ4v) is 2.85. The van der Waals surface area contributed by atoms with Gasteiger partial charge in [0.2, 0.25) is 0 Å². The number of nitrogens with zero attached hydrogens (tertiary/aromatic N) is 2. The van der Waals surface area contributed by atoms with Gasteiger partial charge in [-0.25, -0.2) is 13.9 Å². The lowest BCUT2D eigenvalue weighted by molar-refractivity contribution is -0.832. The van der Waals surface area contributed by atoms with E-state index in [-0.39, 0.29) is 16.4 Å². The maximum Gasteiger partial charge on any atom is 0.415 e. The molecule has 2 N–H and O–H groups in total. The van der Waals surface area contributed by atoms with E-state index in [4.69, 9.17) is 9.94 Å². The van der Waals surface area contributed by atoms with E-state index in [2.05, 4.69) is 9.79 Å². The van der Waals surface area contributed by atoms with Gasteiger partial charge in [-0.1, -0.05) is 18.2 Å². The van der Waals surface area contributed by atoms with Crippen LogP contribution >= 0.6 is 0 Å². The van der Waals surface area contributed by atoms with Crippen LogP contribution in [0.2, 0.25) is 0 Å². The topological polar surface area (TPSA) is 146 Å². The number of hydrogen-bond acceptors (Lipinski definition) is 8. The minimum atomic E-state index is -4.19. The third-order valence-electron chi connectivity index (χ3n) is 2.55. The van der Waals surface area contributed by atoms with E-state index >= 15 is 0 Å². The van der Waals surface area contributed by atoms with Gasteiger partial charge in [0.1, 0.15) is 6.61 Å². The van der Waals surface area contributed by atoms with Crippen LogP contribution in [0, 0.1) is 5.21 Å². The predicted octanol–water partition coefficient (Wildman–Crippen LogP) is -0.419. The van der Waals surface area contributed by atoms with Crippen molar-refractivity contribution >= 4 is 15.7 Å². The van der Waals surface area contributed by atoms with Crippen molar-refractivity contribution < 1.29 is 32.7 Å². The molecule has 0 saturated heterocycles. The molecule has 0 aliphatic heterocycles. The molecule has 2 rings (SSSR count). The number of amides is 1. The minimum Gasteiger partial charge on any atom is -0.450 e. The summed E-state index contributed by atoms with van der Waals surface area (Å²) < 4.78 is 34.1. The van der Waals surface area contributed by atoms with E-state index in [1.165, 1.54) is 35.8 Å². The number of hydrogen-bond donors (Lipinski definition) is 2. The third-order valence-corrected chi connectivity index (χ3v) is 4.28. The zero-order valence-corrected chi connectivity index (χ0v) is 12.3. The molecule has 1 aromatic heterocycles. The molecule has 10 nitrogen and oxygen atoms in total. The Morgan fingerprint density at radius 3 is 2.78 bits per heavy atom. The Morgan fingerprint density at radius 1 is 1.43 bits per heavy atom. The van der Waals surface area contributed by atoms with Crippen LogP contribution in [-0.2, 0) is 14.6 Å². The summed E-state index contributed by atoms with van der Waals surface area (Å²) in [7, 11) is -4.19. The maximum absolute atomic E-state index is 12.4. The van der Waals surface area contributed by atoms with Crippen LogP contribution in [0.25, 0.3) is 0 Å². The average Bonchev–Trinajstić information content (AvgIpc) is 2.93. The molecule has 1 amide bonds. The van der Waals surface area contributed by atoms with Gasteiger partial charge in [-0.05, 0) is 23.1 Å². The van der Waals surface area contributed by atoms with Crippen molar-refractivity contribution in [2.75, 3.05) is 6.61 Å². The molecule has 11 heteroatoms. The van der Waals surface area contributed by atoms with Gasteiger partial charge in [0.15, 0.2) is 0 Å². The molecule has 23 heavy (non-hydrogen) atoms. The molecule has 0 bridgehead atoms. The van der Waals surface area contributed by atoms with Crippen molar-refractivity contribution in [3.63, 3.8) is 0 Å². The summed E-state index contributed by atoms with van der Waals surface area (Å²) in [5.41, 5.74) is 1.36. The van der Waals surface area contributed by atoms with E-state index in [0.29, 0.717) is 0 Å². The molecule has 0 spiro atoms. The highest BCUT2D eigenvalue weighted by atomic mass is 32.2. The summed E-state index contributed by atoms with van der Waals surface area (Å²) in [5, 5.41) is 22.3. The number of hydroxylamine groups is 1. The van der Waals surface area contributed by atoms with Gasteiger partial charge in [-0.2, -0.15) is 0 Å². The number of ether oxygens (including phenoxy) is 1. The van der Waals surface area contributed by atoms with Crippen molar-refractivity contribution in [2.45, 2.75) is 9.92 Å². The quantitative estimate of drug-likeness (QED) is 0.312. The largest absolute Gasteiger partial charge is 0.450 e. The molecular formula is C12H11N3O7S. The zero-order chi connectivity index (χ0) is 16.9. The molecule has 1 aromatic carbocycles. The van der Waals surface area contributed by atoms with Crippen molar-refractivity contribution in [3.8, 4) is 5.88 Å². The second-order valence-corrected chi connectivity index (χ2v) is 5.91. The molecular weight excluding hydrogens is 330 g/mol. The first-order chi connectivity index (χ1) is 11.0. The first kappa shape index (κ1) is 16.5. The highest BCUT2D eigenvalue weighted by molar-refractivity contribution is 7.91. The van der Waals surface area contributed by atoms with Gasteiger partial charge in [0.25, 0.3) is 15.7 Å². The lowest BCUT2D eigenvalue weighted by Crippen LogP contribution is -2.30. The van der Waals surface area contributed by atoms with Gasteiger partial charge in [0.05, 0.1) is 10.1 Å². The summed E-state index contributed by atoms with van der Waals surface area (Å²) in [6, 6.07) is 7.21. The van der Waals surface area contributed by atoms with E-state index in [1.54, 1.807) is 6.07 Å². The Balaban J connectivity index is 2.26. The van der Waals surface area contributed by atoms with Crippen LogP contribution in [0.1, 0.15) is 0 Å². The van der Waals surface area contributed by atoms with Crippen LogP contribution in [0.5, 0.6) is 5.88 Å². The van der Waals surface area contributed by atoms with E-state index in [9.17, 15) is 18.4 Å². The molecule has 0 saturated carbocycles. The first-order valence-corrected chi connectivity index (χ1v) is 7.58. The number of aromatic nitrogens is 2. The van der Waals surface area contributed by atoms with Gasteiger partial charge in [0, 0.05) is 6.08 Å². The summed E-state index contributed by atoms with van der Waals surface area (Å²) in [4.78, 5) is 10.3. The van der Waals surface area contributed by atoms with Gasteiger partial charge in [-0.15, -0.1) is 0 Å². The van der Waals surface area contributed by atoms with Crippen LogP contribution in [0.15, 0.2) is 57.0 Å². The standard InChI is InChI=1S/C12H11N3O7S/c16-10(13-17)7-4-8-21-11-12(15(18)22-14-11)23(19,20)9-5-2-1-3-6-9/h1-7,17H,8H2,(H,13,16)/b7-4+. The van der Waals surface area contributed by atoms with E-state index in [0.717, 1.165) is 6.08 Å². The van der Waals surface area contributed by atoms with Crippen LogP contribution in [0.4, 0.5) is 0 Å². The number of rotatable bonds is 6. The van der Waals surface area contributed by atoms with E-state index < -0.39 is 26.7 Å². The van der Waals surface area contributed by atoms with E-state index in [1.807, 2.05) is 0 Å². The van der Waals surface area contributed by atoms with Crippen molar-refractivity contribution in [1.82, 2.24) is 10.6 Å². The highest BCUT2D eigenvalue weighted by Crippen LogP contribution is 2.24. The number of carbonyl (C=O) groups is 1. The lowest BCUT2D eigenvalue weighted by atomic mass is 10.4. The molecule has 0 aliphatic carbocycles. The molecule has 2 aromatic rings. The predicted molar refractivity (Wildman–Crippen MR) is 71.9 cm³/mol. The molecule has 0 aliphatic rings. The Kier molecular flexibility index (Phi) is 4.93. The van der Waals surface area contributed by atoms with Crippen molar-refractivity contribution in [2.24, 2.45) is 0 Å². The highest BCUT2D eigenvalue weighted by Gasteiger charge is 2.35. The van der Waals surface area contributed by atoms with Crippen molar-refractivity contribution in [1.29, 1.82) is 0 Å². The molecule has 0 atom stereocenters. The summed E-state index contributed by atoms with van der Waals surface area (Å²) in [6.07, 6.45) is 2.12. The second kappa shape index (κ2) is 6.89. The molecule has 0 fully saturated rings. The second-order valence-electron chi connectivity index (χ2n) is 4.05. The Labute approximate surface area is 130 Å². The monoisotopic (exact) mass is 341 g/mol. The van der Waals surface area contributed by atoms with Gasteiger partial charge >= 0.3 is 10.9 Å². The van der Waals surface area contributed by atoms with Crippen molar-refractivity contribution in [3.05, 3.63) is 47.7 Å². The molecule has 1 heterocycles. The minimum absolute atomic E-state index is 0.132. The van der Waals surface area contributed by atoms with Gasteiger partial charge in [-0.3, -0.25) is 14.6 Å². The van der Waals surface area contributed by atoms with Crippen LogP contribution in [-0.4, -0.2) is 31.3 Å². The SMILES string of the molecule is O=C(/C=C/COc1no[n+]([O-])c1S(=O)(=O)c1ccccc1)NO. The third kappa shape index (κ3) is 3.64. The van der Waals surface area contributed by atoms with Crippen LogP contribution in [0.3, 0.4) is 0 Å². The molecule has 0 radical (unpaired) electrons. The first-order valence-electron chi connectivity index (χ1n) is 6.10. The number of sulfone groups is 1. The Bertz CT molecular complexity index is 814. The average molecular weight is 341 g/mol. The number of benzene rings is 1. The zero-order valence-electron chi connectivity index (χ0n) is 11.4.